The Morgan fingerprint density at radius 2 is 1.79 bits per heavy atom. The molecular formula is C23H20FN3O4S3. The fourth-order valence-electron chi connectivity index (χ4n) is 3.34. The minimum atomic E-state index is -0.589. The number of nitrogens with zero attached hydrogens (tertiary/aromatic N) is 3. The van der Waals surface area contributed by atoms with Gasteiger partial charge in [-0.3, -0.25) is 18.7 Å². The number of thiazole rings is 1. The summed E-state index contributed by atoms with van der Waals surface area (Å²) in [6.07, 6.45) is 0. The molecule has 0 aliphatic heterocycles. The van der Waals surface area contributed by atoms with Crippen LogP contribution in [0.3, 0.4) is 0 Å². The molecule has 4 rings (SSSR count). The largest absolute Gasteiger partial charge is 0.492 e. The van der Waals surface area contributed by atoms with E-state index in [0.717, 1.165) is 23.1 Å². The van der Waals surface area contributed by atoms with Gasteiger partial charge in [-0.15, -0.1) is 0 Å². The van der Waals surface area contributed by atoms with Crippen LogP contribution in [0.15, 0.2) is 58.5 Å². The fourth-order valence-corrected chi connectivity index (χ4v) is 5.42. The highest BCUT2D eigenvalue weighted by atomic mass is 32.2. The first-order chi connectivity index (χ1) is 16.5. The van der Waals surface area contributed by atoms with Gasteiger partial charge < -0.3 is 9.47 Å². The summed E-state index contributed by atoms with van der Waals surface area (Å²) >= 11 is 7.67. The van der Waals surface area contributed by atoms with E-state index in [9.17, 15) is 14.0 Å². The van der Waals surface area contributed by atoms with E-state index >= 15 is 0 Å². The smallest absolute Gasteiger partial charge is 0.316 e. The average molecular weight is 518 g/mol. The lowest BCUT2D eigenvalue weighted by atomic mass is 10.3. The van der Waals surface area contributed by atoms with Crippen LogP contribution in [0.2, 0.25) is 0 Å². The summed E-state index contributed by atoms with van der Waals surface area (Å²) in [5.41, 5.74) is 0.502. The highest BCUT2D eigenvalue weighted by Crippen LogP contribution is 2.31. The molecule has 0 aliphatic carbocycles. The molecule has 0 saturated heterocycles. The highest BCUT2D eigenvalue weighted by Gasteiger charge is 2.22. The molecule has 0 amide bonds. The van der Waals surface area contributed by atoms with Crippen molar-refractivity contribution in [1.82, 2.24) is 14.1 Å². The van der Waals surface area contributed by atoms with Crippen molar-refractivity contribution >= 4 is 51.6 Å². The van der Waals surface area contributed by atoms with E-state index in [4.69, 9.17) is 21.7 Å². The standard InChI is InChI=1S/C23H20FN3O4S3/c1-3-30-17-12-8-7-11-16(17)26-20-19(34-23(26)32)21(29)27(15-10-6-5-9-14(15)24)22(25-20)33-13-18(28)31-4-2/h5-12H,3-4,13H2,1-2H3. The molecule has 176 valence electrons. The second-order valence-corrected chi connectivity index (χ2v) is 9.42. The zero-order valence-corrected chi connectivity index (χ0v) is 20.8. The monoisotopic (exact) mass is 517 g/mol. The van der Waals surface area contributed by atoms with Gasteiger partial charge in [0, 0.05) is 0 Å². The van der Waals surface area contributed by atoms with Crippen molar-refractivity contribution < 1.29 is 18.7 Å². The number of halogens is 1. The fraction of sp³-hybridized carbons (Fsp3) is 0.217. The number of rotatable bonds is 8. The van der Waals surface area contributed by atoms with Gasteiger partial charge in [0.05, 0.1) is 30.3 Å². The van der Waals surface area contributed by atoms with Crippen LogP contribution in [0.5, 0.6) is 5.75 Å². The van der Waals surface area contributed by atoms with Gasteiger partial charge in [0.2, 0.25) is 0 Å². The third-order valence-electron chi connectivity index (χ3n) is 4.70. The van der Waals surface area contributed by atoms with E-state index in [-0.39, 0.29) is 27.9 Å². The predicted octanol–water partition coefficient (Wildman–Crippen LogP) is 5.16. The molecule has 0 atom stereocenters. The van der Waals surface area contributed by atoms with Crippen LogP contribution in [-0.2, 0) is 9.53 Å². The van der Waals surface area contributed by atoms with Gasteiger partial charge in [0.25, 0.3) is 5.56 Å². The Morgan fingerprint density at radius 3 is 2.50 bits per heavy atom. The summed E-state index contributed by atoms with van der Waals surface area (Å²) < 4.78 is 29.0. The second kappa shape index (κ2) is 10.5. The molecule has 0 unspecified atom stereocenters. The third kappa shape index (κ3) is 4.63. The Kier molecular flexibility index (Phi) is 7.44. The number of para-hydroxylation sites is 3. The molecule has 7 nitrogen and oxygen atoms in total. The van der Waals surface area contributed by atoms with Gasteiger partial charge in [-0.1, -0.05) is 47.4 Å². The van der Waals surface area contributed by atoms with Gasteiger partial charge in [0.1, 0.15) is 16.3 Å². The van der Waals surface area contributed by atoms with Crippen LogP contribution in [0.25, 0.3) is 21.7 Å². The van der Waals surface area contributed by atoms with Crippen molar-refractivity contribution in [3.8, 4) is 17.1 Å². The third-order valence-corrected chi connectivity index (χ3v) is 6.96. The minimum absolute atomic E-state index is 0.0360. The number of benzene rings is 2. The van der Waals surface area contributed by atoms with Gasteiger partial charge in [-0.25, -0.2) is 9.37 Å². The lowest BCUT2D eigenvalue weighted by molar-refractivity contribution is -0.139. The first-order valence-electron chi connectivity index (χ1n) is 10.4. The Balaban J connectivity index is 1.99. The van der Waals surface area contributed by atoms with Gasteiger partial charge in [-0.2, -0.15) is 0 Å². The van der Waals surface area contributed by atoms with Crippen LogP contribution in [0.4, 0.5) is 4.39 Å². The maximum atomic E-state index is 14.7. The van der Waals surface area contributed by atoms with Crippen molar-refractivity contribution in [3.63, 3.8) is 0 Å². The zero-order valence-electron chi connectivity index (χ0n) is 18.3. The number of fused-ring (bicyclic) bond motifs is 1. The minimum Gasteiger partial charge on any atom is -0.492 e. The molecule has 0 aliphatic rings. The zero-order chi connectivity index (χ0) is 24.2. The summed E-state index contributed by atoms with van der Waals surface area (Å²) in [4.78, 5) is 30.3. The summed E-state index contributed by atoms with van der Waals surface area (Å²) in [5, 5.41) is 0.145. The maximum absolute atomic E-state index is 14.7. The number of hydrogen-bond acceptors (Lipinski definition) is 8. The van der Waals surface area contributed by atoms with Gasteiger partial charge in [-0.05, 0) is 50.3 Å². The Hall–Kier alpha value is -3.02. The van der Waals surface area contributed by atoms with E-state index in [0.29, 0.717) is 27.6 Å². The van der Waals surface area contributed by atoms with Crippen molar-refractivity contribution in [1.29, 1.82) is 0 Å². The van der Waals surface area contributed by atoms with Crippen molar-refractivity contribution in [2.24, 2.45) is 0 Å². The SMILES string of the molecule is CCOC(=O)CSc1nc2c(sc(=S)n2-c2ccccc2OCC)c(=O)n1-c1ccccc1F. The van der Waals surface area contributed by atoms with E-state index < -0.39 is 17.3 Å². The molecule has 0 saturated carbocycles. The van der Waals surface area contributed by atoms with Crippen molar-refractivity contribution in [3.05, 3.63) is 68.7 Å². The van der Waals surface area contributed by atoms with Gasteiger partial charge in [0.15, 0.2) is 14.8 Å². The molecule has 2 aromatic heterocycles. The Bertz CT molecular complexity index is 1480. The normalized spacial score (nSPS) is 11.0. The second-order valence-electron chi connectivity index (χ2n) is 6.84. The number of esters is 1. The van der Waals surface area contributed by atoms with E-state index in [1.54, 1.807) is 23.6 Å². The molecule has 0 bridgehead atoms. The van der Waals surface area contributed by atoms with Crippen LogP contribution in [0.1, 0.15) is 13.8 Å². The first kappa shape index (κ1) is 24.1. The summed E-state index contributed by atoms with van der Waals surface area (Å²) in [6.45, 7) is 4.25. The summed E-state index contributed by atoms with van der Waals surface area (Å²) in [6, 6.07) is 13.2. The van der Waals surface area contributed by atoms with Crippen LogP contribution < -0.4 is 10.3 Å². The topological polar surface area (TPSA) is 75.3 Å². The summed E-state index contributed by atoms with van der Waals surface area (Å²) in [7, 11) is 0. The van der Waals surface area contributed by atoms with Gasteiger partial charge >= 0.3 is 5.97 Å². The first-order valence-corrected chi connectivity index (χ1v) is 12.6. The van der Waals surface area contributed by atoms with E-state index in [2.05, 4.69) is 4.98 Å². The molecular weight excluding hydrogens is 497 g/mol. The van der Waals surface area contributed by atoms with E-state index in [1.807, 2.05) is 25.1 Å². The molecule has 2 heterocycles. The number of carbonyl (C=O) groups excluding carboxylic acids is 1. The molecule has 2 aromatic carbocycles. The molecule has 0 N–H and O–H groups in total. The highest BCUT2D eigenvalue weighted by molar-refractivity contribution is 7.99. The average Bonchev–Trinajstić information content (AvgIpc) is 3.15. The summed E-state index contributed by atoms with van der Waals surface area (Å²) in [5.74, 6) is -0.568. The Labute approximate surface area is 207 Å². The lowest BCUT2D eigenvalue weighted by Crippen LogP contribution is -2.23. The predicted molar refractivity (Wildman–Crippen MR) is 134 cm³/mol. The number of ether oxygens (including phenoxy) is 2. The quantitative estimate of drug-likeness (QED) is 0.138. The van der Waals surface area contributed by atoms with Crippen LogP contribution in [-0.4, -0.2) is 39.1 Å². The van der Waals surface area contributed by atoms with Crippen molar-refractivity contribution in [2.75, 3.05) is 19.0 Å². The van der Waals surface area contributed by atoms with Crippen molar-refractivity contribution in [2.45, 2.75) is 19.0 Å². The molecule has 0 spiro atoms. The number of carbonyl (C=O) groups is 1. The number of hydrogen-bond donors (Lipinski definition) is 0. The molecule has 34 heavy (non-hydrogen) atoms. The molecule has 0 fully saturated rings. The molecule has 0 radical (unpaired) electrons. The van der Waals surface area contributed by atoms with E-state index in [1.165, 1.54) is 22.8 Å². The van der Waals surface area contributed by atoms with Crippen LogP contribution in [0, 0.1) is 9.77 Å². The van der Waals surface area contributed by atoms with Crippen LogP contribution >= 0.6 is 35.3 Å². The number of thioether (sulfide) groups is 1. The Morgan fingerprint density at radius 1 is 1.09 bits per heavy atom. The number of aromatic nitrogens is 3. The lowest BCUT2D eigenvalue weighted by Gasteiger charge is -2.14. The maximum Gasteiger partial charge on any atom is 0.316 e. The molecule has 11 heteroatoms. The molecule has 4 aromatic rings.